The molecule has 0 bridgehead atoms. The Bertz CT molecular complexity index is 1180. The summed E-state index contributed by atoms with van der Waals surface area (Å²) < 4.78 is 16.9. The molecule has 1 aromatic heterocycles. The molecule has 1 aliphatic heterocycles. The fraction of sp³-hybridized carbons (Fsp3) is 0.385. The number of rotatable bonds is 7. The monoisotopic (exact) mass is 435 g/mol. The molecule has 0 aliphatic carbocycles. The molecule has 0 atom stereocenters. The van der Waals surface area contributed by atoms with Crippen LogP contribution in [0.25, 0.3) is 11.0 Å². The van der Waals surface area contributed by atoms with Gasteiger partial charge in [-0.15, -0.1) is 0 Å². The topological polar surface area (TPSA) is 69.0 Å². The van der Waals surface area contributed by atoms with E-state index in [1.165, 1.54) is 0 Å². The molecule has 6 nitrogen and oxygen atoms in total. The highest BCUT2D eigenvalue weighted by atomic mass is 16.5. The molecule has 2 heterocycles. The third-order valence-corrected chi connectivity index (χ3v) is 5.81. The Kier molecular flexibility index (Phi) is 6.49. The van der Waals surface area contributed by atoms with E-state index < -0.39 is 0 Å². The minimum absolute atomic E-state index is 0.304. The zero-order valence-electron chi connectivity index (χ0n) is 18.9. The average molecular weight is 436 g/mol. The molecule has 1 aliphatic rings. The molecule has 0 saturated heterocycles. The van der Waals surface area contributed by atoms with E-state index in [1.807, 2.05) is 26.0 Å². The van der Waals surface area contributed by atoms with Gasteiger partial charge < -0.3 is 18.8 Å². The summed E-state index contributed by atoms with van der Waals surface area (Å²) in [5.74, 6) is 0.478. The van der Waals surface area contributed by atoms with E-state index in [4.69, 9.17) is 13.9 Å². The molecule has 0 unspecified atom stereocenters. The van der Waals surface area contributed by atoms with Crippen LogP contribution in [0.15, 0.2) is 45.6 Å². The summed E-state index contributed by atoms with van der Waals surface area (Å²) in [6.45, 7) is 7.51. The minimum Gasteiger partial charge on any atom is -0.472 e. The van der Waals surface area contributed by atoms with Gasteiger partial charge in [-0.05, 0) is 62.1 Å². The van der Waals surface area contributed by atoms with Crippen LogP contribution >= 0.6 is 0 Å². The van der Waals surface area contributed by atoms with E-state index in [0.29, 0.717) is 31.0 Å². The SMILES string of the molecule is CCCCc1cc(=O)oc2c(C)c3c(cc12)CN(c1ccc(C(=O)OCCC)cc1)CO3. The number of hydrogen-bond donors (Lipinski definition) is 0. The summed E-state index contributed by atoms with van der Waals surface area (Å²) in [7, 11) is 0. The van der Waals surface area contributed by atoms with Crippen LogP contribution in [0.2, 0.25) is 0 Å². The van der Waals surface area contributed by atoms with Gasteiger partial charge in [0, 0.05) is 34.8 Å². The molecule has 4 rings (SSSR count). The average Bonchev–Trinajstić information content (AvgIpc) is 2.81. The van der Waals surface area contributed by atoms with Gasteiger partial charge in [-0.1, -0.05) is 20.3 Å². The van der Waals surface area contributed by atoms with E-state index in [2.05, 4.69) is 17.9 Å². The lowest BCUT2D eigenvalue weighted by Crippen LogP contribution is -2.32. The third-order valence-electron chi connectivity index (χ3n) is 5.81. The second-order valence-electron chi connectivity index (χ2n) is 8.21. The molecular formula is C26H29NO5. The number of aryl methyl sites for hydroxylation is 2. The molecule has 0 amide bonds. The van der Waals surface area contributed by atoms with Crippen LogP contribution in [0, 0.1) is 6.92 Å². The van der Waals surface area contributed by atoms with E-state index in [0.717, 1.165) is 59.2 Å². The van der Waals surface area contributed by atoms with Gasteiger partial charge in [-0.25, -0.2) is 9.59 Å². The van der Waals surface area contributed by atoms with Gasteiger partial charge in [0.15, 0.2) is 6.73 Å². The fourth-order valence-electron chi connectivity index (χ4n) is 4.11. The number of nitrogens with zero attached hydrogens (tertiary/aromatic N) is 1. The largest absolute Gasteiger partial charge is 0.472 e. The van der Waals surface area contributed by atoms with Crippen LogP contribution in [-0.4, -0.2) is 19.3 Å². The molecule has 168 valence electrons. The van der Waals surface area contributed by atoms with Crippen LogP contribution in [0.3, 0.4) is 0 Å². The predicted molar refractivity (Wildman–Crippen MR) is 125 cm³/mol. The van der Waals surface area contributed by atoms with Crippen molar-refractivity contribution in [1.29, 1.82) is 0 Å². The lowest BCUT2D eigenvalue weighted by atomic mass is 9.98. The molecule has 0 fully saturated rings. The van der Waals surface area contributed by atoms with Crippen LogP contribution in [0.1, 0.15) is 60.2 Å². The zero-order chi connectivity index (χ0) is 22.7. The maximum atomic E-state index is 12.1. The number of ether oxygens (including phenoxy) is 2. The first-order chi connectivity index (χ1) is 15.5. The summed E-state index contributed by atoms with van der Waals surface area (Å²) in [4.78, 5) is 26.3. The molecule has 0 N–H and O–H groups in total. The Balaban J connectivity index is 1.63. The summed E-state index contributed by atoms with van der Waals surface area (Å²) in [5, 5.41) is 0.980. The smallest absolute Gasteiger partial charge is 0.338 e. The molecule has 32 heavy (non-hydrogen) atoms. The summed E-state index contributed by atoms with van der Waals surface area (Å²) in [6.07, 6.45) is 3.72. The van der Waals surface area contributed by atoms with Crippen molar-refractivity contribution in [3.63, 3.8) is 0 Å². The van der Waals surface area contributed by atoms with Gasteiger partial charge in [0.1, 0.15) is 11.3 Å². The predicted octanol–water partition coefficient (Wildman–Crippen LogP) is 5.37. The van der Waals surface area contributed by atoms with Gasteiger partial charge in [0.2, 0.25) is 0 Å². The second kappa shape index (κ2) is 9.47. The number of esters is 1. The van der Waals surface area contributed by atoms with Crippen molar-refractivity contribution in [2.24, 2.45) is 0 Å². The number of fused-ring (bicyclic) bond motifs is 2. The molecule has 6 heteroatoms. The van der Waals surface area contributed by atoms with Gasteiger partial charge in [-0.2, -0.15) is 0 Å². The van der Waals surface area contributed by atoms with E-state index in [1.54, 1.807) is 18.2 Å². The lowest BCUT2D eigenvalue weighted by molar-refractivity contribution is 0.0505. The first-order valence-corrected chi connectivity index (χ1v) is 11.3. The summed E-state index contributed by atoms with van der Waals surface area (Å²) in [5.41, 5.74) is 4.74. The van der Waals surface area contributed by atoms with Gasteiger partial charge in [-0.3, -0.25) is 0 Å². The van der Waals surface area contributed by atoms with Crippen LogP contribution < -0.4 is 15.3 Å². The summed E-state index contributed by atoms with van der Waals surface area (Å²) >= 11 is 0. The van der Waals surface area contributed by atoms with Crippen molar-refractivity contribution in [3.8, 4) is 5.75 Å². The Morgan fingerprint density at radius 2 is 1.91 bits per heavy atom. The van der Waals surface area contributed by atoms with Crippen molar-refractivity contribution in [1.82, 2.24) is 0 Å². The van der Waals surface area contributed by atoms with Crippen molar-refractivity contribution in [3.05, 3.63) is 69.1 Å². The fourth-order valence-corrected chi connectivity index (χ4v) is 4.11. The molecule has 2 aromatic carbocycles. The number of carbonyl (C=O) groups excluding carboxylic acids is 1. The standard InChI is InChI=1S/C26H29NO5/c1-4-6-7-19-14-23(28)32-25-17(3)24-20(13-22(19)25)15-27(16-31-24)21-10-8-18(9-11-21)26(29)30-12-5-2/h8-11,13-14H,4-7,12,15-16H2,1-3H3. The molecular weight excluding hydrogens is 406 g/mol. The Morgan fingerprint density at radius 1 is 1.12 bits per heavy atom. The quantitative estimate of drug-likeness (QED) is 0.367. The number of anilines is 1. The van der Waals surface area contributed by atoms with Crippen molar-refractivity contribution >= 4 is 22.6 Å². The maximum Gasteiger partial charge on any atom is 0.338 e. The van der Waals surface area contributed by atoms with Gasteiger partial charge >= 0.3 is 11.6 Å². The van der Waals surface area contributed by atoms with Gasteiger partial charge in [0.05, 0.1) is 12.2 Å². The Morgan fingerprint density at radius 3 is 2.62 bits per heavy atom. The molecule has 0 spiro atoms. The first kappa shape index (κ1) is 21.9. The van der Waals surface area contributed by atoms with Gasteiger partial charge in [0.25, 0.3) is 0 Å². The normalized spacial score (nSPS) is 13.0. The number of hydrogen-bond acceptors (Lipinski definition) is 6. The summed E-state index contributed by atoms with van der Waals surface area (Å²) in [6, 6.07) is 11.1. The zero-order valence-corrected chi connectivity index (χ0v) is 18.9. The number of benzene rings is 2. The highest BCUT2D eigenvalue weighted by molar-refractivity contribution is 5.90. The van der Waals surface area contributed by atoms with E-state index >= 15 is 0 Å². The van der Waals surface area contributed by atoms with Crippen LogP contribution in [0.5, 0.6) is 5.75 Å². The van der Waals surface area contributed by atoms with E-state index in [-0.39, 0.29) is 11.6 Å². The highest BCUT2D eigenvalue weighted by Crippen LogP contribution is 2.37. The first-order valence-electron chi connectivity index (χ1n) is 11.3. The second-order valence-corrected chi connectivity index (χ2v) is 8.21. The Hall–Kier alpha value is -3.28. The molecule has 0 radical (unpaired) electrons. The number of carbonyl (C=O) groups is 1. The van der Waals surface area contributed by atoms with Crippen LogP contribution in [-0.2, 0) is 17.7 Å². The number of unbranched alkanes of at least 4 members (excludes halogenated alkanes) is 1. The highest BCUT2D eigenvalue weighted by Gasteiger charge is 2.23. The van der Waals surface area contributed by atoms with Crippen molar-refractivity contribution in [2.45, 2.75) is 53.0 Å². The molecule has 3 aromatic rings. The maximum absolute atomic E-state index is 12.1. The van der Waals surface area contributed by atoms with E-state index in [9.17, 15) is 9.59 Å². The van der Waals surface area contributed by atoms with Crippen LogP contribution in [0.4, 0.5) is 5.69 Å². The minimum atomic E-state index is -0.318. The van der Waals surface area contributed by atoms with Crippen molar-refractivity contribution in [2.75, 3.05) is 18.2 Å². The Labute approximate surface area is 187 Å². The third kappa shape index (κ3) is 4.35. The molecule has 0 saturated carbocycles. The lowest BCUT2D eigenvalue weighted by Gasteiger charge is -2.32. The van der Waals surface area contributed by atoms with Crippen molar-refractivity contribution < 1.29 is 18.7 Å².